The van der Waals surface area contributed by atoms with Crippen LogP contribution in [-0.2, 0) is 11.2 Å². The molecule has 140 valence electrons. The number of hydrogen-bond donors (Lipinski definition) is 1. The van der Waals surface area contributed by atoms with Crippen LogP contribution in [0, 0.1) is 0 Å². The van der Waals surface area contributed by atoms with E-state index in [9.17, 15) is 9.90 Å². The number of carboxylic acids is 1. The fraction of sp³-hybridized carbons (Fsp3) is 0.227. The van der Waals surface area contributed by atoms with Crippen molar-refractivity contribution < 1.29 is 24.1 Å². The molecule has 0 aliphatic heterocycles. The number of benzene rings is 2. The second-order valence-corrected chi connectivity index (χ2v) is 6.33. The maximum atomic E-state index is 12.1. The molecule has 2 aromatic carbocycles. The molecule has 5 heteroatoms. The van der Waals surface area contributed by atoms with Crippen LogP contribution in [0.25, 0.3) is 11.6 Å². The molecule has 0 bridgehead atoms. The van der Waals surface area contributed by atoms with Crippen LogP contribution in [0.5, 0.6) is 17.2 Å². The lowest BCUT2D eigenvalue weighted by Gasteiger charge is -2.11. The second-order valence-electron chi connectivity index (χ2n) is 6.33. The standard InChI is InChI=1S/C22H22O5/c1-13-9-15-6-7-16(25-2)12-17(15)21(13)18(22(23)24)10-14-5-8-19(26-3)20(11-14)27-4/h5-8,10-12H,9H2,1-4H3,(H,23,24). The van der Waals surface area contributed by atoms with Gasteiger partial charge in [0.25, 0.3) is 0 Å². The van der Waals surface area contributed by atoms with Crippen LogP contribution in [0.15, 0.2) is 47.5 Å². The Hall–Kier alpha value is -3.21. The van der Waals surface area contributed by atoms with Gasteiger partial charge in [-0.2, -0.15) is 0 Å². The van der Waals surface area contributed by atoms with Gasteiger partial charge in [0.2, 0.25) is 0 Å². The number of carboxylic acid groups (broad SMARTS) is 1. The summed E-state index contributed by atoms with van der Waals surface area (Å²) in [5.41, 5.74) is 4.73. The molecular formula is C22H22O5. The van der Waals surface area contributed by atoms with Crippen LogP contribution in [-0.4, -0.2) is 32.4 Å². The maximum Gasteiger partial charge on any atom is 0.336 e. The molecule has 0 saturated carbocycles. The van der Waals surface area contributed by atoms with Gasteiger partial charge in [-0.3, -0.25) is 0 Å². The molecule has 0 fully saturated rings. The summed E-state index contributed by atoms with van der Waals surface area (Å²) in [6, 6.07) is 11.1. The predicted octanol–water partition coefficient (Wildman–Crippen LogP) is 4.21. The van der Waals surface area contributed by atoms with Gasteiger partial charge in [0.15, 0.2) is 11.5 Å². The zero-order chi connectivity index (χ0) is 19.6. The summed E-state index contributed by atoms with van der Waals surface area (Å²) in [6.07, 6.45) is 2.39. The molecule has 2 aromatic rings. The number of methoxy groups -OCH3 is 3. The Morgan fingerprint density at radius 2 is 1.74 bits per heavy atom. The first-order valence-electron chi connectivity index (χ1n) is 8.53. The highest BCUT2D eigenvalue weighted by Gasteiger charge is 2.26. The van der Waals surface area contributed by atoms with Crippen LogP contribution in [0.2, 0.25) is 0 Å². The normalized spacial score (nSPS) is 13.4. The Kier molecular flexibility index (Phi) is 5.21. The summed E-state index contributed by atoms with van der Waals surface area (Å²) in [4.78, 5) is 12.1. The minimum Gasteiger partial charge on any atom is -0.497 e. The van der Waals surface area contributed by atoms with Crippen LogP contribution < -0.4 is 14.2 Å². The average molecular weight is 366 g/mol. The van der Waals surface area contributed by atoms with Gasteiger partial charge in [-0.1, -0.05) is 17.7 Å². The van der Waals surface area contributed by atoms with E-state index in [0.717, 1.165) is 34.3 Å². The van der Waals surface area contributed by atoms with E-state index in [2.05, 4.69) is 0 Å². The van der Waals surface area contributed by atoms with E-state index in [1.807, 2.05) is 31.2 Å². The predicted molar refractivity (Wildman–Crippen MR) is 104 cm³/mol. The van der Waals surface area contributed by atoms with E-state index in [0.29, 0.717) is 17.2 Å². The van der Waals surface area contributed by atoms with Crippen molar-refractivity contribution in [3.8, 4) is 17.2 Å². The highest BCUT2D eigenvalue weighted by Crippen LogP contribution is 2.40. The minimum absolute atomic E-state index is 0.242. The van der Waals surface area contributed by atoms with E-state index >= 15 is 0 Å². The maximum absolute atomic E-state index is 12.1. The second kappa shape index (κ2) is 7.58. The van der Waals surface area contributed by atoms with Gasteiger partial charge in [0.05, 0.1) is 26.9 Å². The number of hydrogen-bond acceptors (Lipinski definition) is 4. The molecular weight excluding hydrogens is 344 g/mol. The molecule has 5 nitrogen and oxygen atoms in total. The van der Waals surface area contributed by atoms with Crippen molar-refractivity contribution in [3.63, 3.8) is 0 Å². The Bertz CT molecular complexity index is 953. The van der Waals surface area contributed by atoms with E-state index in [-0.39, 0.29) is 5.57 Å². The van der Waals surface area contributed by atoms with Crippen LogP contribution in [0.3, 0.4) is 0 Å². The molecule has 1 aliphatic carbocycles. The first-order chi connectivity index (χ1) is 13.0. The van der Waals surface area contributed by atoms with Gasteiger partial charge in [0, 0.05) is 0 Å². The molecule has 0 atom stereocenters. The lowest BCUT2D eigenvalue weighted by molar-refractivity contribution is -0.132. The number of carbonyl (C=O) groups is 1. The molecule has 0 saturated heterocycles. The van der Waals surface area contributed by atoms with E-state index in [1.54, 1.807) is 39.5 Å². The highest BCUT2D eigenvalue weighted by molar-refractivity contribution is 6.11. The molecule has 0 amide bonds. The van der Waals surface area contributed by atoms with E-state index < -0.39 is 5.97 Å². The SMILES string of the molecule is COc1ccc2c(c1)C(C(=Cc1ccc(OC)c(OC)c1)C(=O)O)=C(C)C2. The summed E-state index contributed by atoms with van der Waals surface area (Å²) in [5.74, 6) is 0.875. The Morgan fingerprint density at radius 3 is 2.37 bits per heavy atom. The van der Waals surface area contributed by atoms with Crippen LogP contribution in [0.4, 0.5) is 0 Å². The first kappa shape index (κ1) is 18.6. The van der Waals surface area contributed by atoms with Crippen molar-refractivity contribution in [1.29, 1.82) is 0 Å². The van der Waals surface area contributed by atoms with Crippen molar-refractivity contribution in [1.82, 2.24) is 0 Å². The lowest BCUT2D eigenvalue weighted by Crippen LogP contribution is -2.04. The zero-order valence-corrected chi connectivity index (χ0v) is 15.8. The number of rotatable bonds is 6. The summed E-state index contributed by atoms with van der Waals surface area (Å²) < 4.78 is 15.9. The topological polar surface area (TPSA) is 65.0 Å². The first-order valence-corrected chi connectivity index (χ1v) is 8.53. The van der Waals surface area contributed by atoms with Crippen molar-refractivity contribution in [2.45, 2.75) is 13.3 Å². The number of fused-ring (bicyclic) bond motifs is 1. The van der Waals surface area contributed by atoms with Gasteiger partial charge in [-0.15, -0.1) is 0 Å². The largest absolute Gasteiger partial charge is 0.497 e. The smallest absolute Gasteiger partial charge is 0.336 e. The van der Waals surface area contributed by atoms with E-state index in [1.165, 1.54) is 0 Å². The number of aliphatic carboxylic acids is 1. The van der Waals surface area contributed by atoms with Crippen molar-refractivity contribution in [3.05, 3.63) is 64.2 Å². The van der Waals surface area contributed by atoms with Gasteiger partial charge < -0.3 is 19.3 Å². The average Bonchev–Trinajstić information content (AvgIpc) is 3.00. The molecule has 0 radical (unpaired) electrons. The van der Waals surface area contributed by atoms with Crippen LogP contribution in [0.1, 0.15) is 23.6 Å². The third kappa shape index (κ3) is 3.53. The quantitative estimate of drug-likeness (QED) is 0.776. The molecule has 3 rings (SSSR count). The molecule has 0 spiro atoms. The summed E-state index contributed by atoms with van der Waals surface area (Å²) in [6.45, 7) is 1.97. The summed E-state index contributed by atoms with van der Waals surface area (Å²) in [7, 11) is 4.72. The molecule has 1 N–H and O–H groups in total. The third-order valence-corrected chi connectivity index (χ3v) is 4.69. The Balaban J connectivity index is 2.12. The molecule has 0 unspecified atom stereocenters. The molecule has 27 heavy (non-hydrogen) atoms. The fourth-order valence-corrected chi connectivity index (χ4v) is 3.40. The van der Waals surface area contributed by atoms with Gasteiger partial charge in [0.1, 0.15) is 5.75 Å². The zero-order valence-electron chi connectivity index (χ0n) is 15.8. The molecule has 0 heterocycles. The minimum atomic E-state index is -0.977. The van der Waals surface area contributed by atoms with Gasteiger partial charge in [-0.05, 0) is 65.9 Å². The van der Waals surface area contributed by atoms with Crippen LogP contribution >= 0.6 is 0 Å². The Morgan fingerprint density at radius 1 is 1.00 bits per heavy atom. The van der Waals surface area contributed by atoms with Crippen molar-refractivity contribution in [2.24, 2.45) is 0 Å². The fourth-order valence-electron chi connectivity index (χ4n) is 3.40. The monoisotopic (exact) mass is 366 g/mol. The highest BCUT2D eigenvalue weighted by atomic mass is 16.5. The van der Waals surface area contributed by atoms with Crippen molar-refractivity contribution in [2.75, 3.05) is 21.3 Å². The van der Waals surface area contributed by atoms with Crippen molar-refractivity contribution >= 4 is 17.6 Å². The summed E-state index contributed by atoms with van der Waals surface area (Å²) >= 11 is 0. The molecule has 0 aromatic heterocycles. The van der Waals surface area contributed by atoms with Gasteiger partial charge in [-0.25, -0.2) is 4.79 Å². The molecule has 1 aliphatic rings. The number of ether oxygens (including phenoxy) is 3. The lowest BCUT2D eigenvalue weighted by atomic mass is 9.95. The summed E-state index contributed by atoms with van der Waals surface area (Å²) in [5, 5.41) is 9.90. The number of allylic oxidation sites excluding steroid dienone is 1. The van der Waals surface area contributed by atoms with Gasteiger partial charge >= 0.3 is 5.97 Å². The van der Waals surface area contributed by atoms with E-state index in [4.69, 9.17) is 14.2 Å². The Labute approximate surface area is 158 Å². The third-order valence-electron chi connectivity index (χ3n) is 4.69.